The highest BCUT2D eigenvalue weighted by Gasteiger charge is 2.21. The highest BCUT2D eigenvalue weighted by atomic mass is 35.5. The van der Waals surface area contributed by atoms with Crippen LogP contribution in [0.2, 0.25) is 0 Å². The number of hydrogen-bond donors (Lipinski definition) is 0. The molecule has 1 fully saturated rings. The summed E-state index contributed by atoms with van der Waals surface area (Å²) in [6, 6.07) is 0. The molecule has 0 spiro atoms. The first-order chi connectivity index (χ1) is 7.40. The second-order valence-electron chi connectivity index (χ2n) is 3.68. The van der Waals surface area contributed by atoms with Crippen LogP contribution in [0.25, 0.3) is 0 Å². The van der Waals surface area contributed by atoms with E-state index in [9.17, 15) is 0 Å². The van der Waals surface area contributed by atoms with Gasteiger partial charge in [0.1, 0.15) is 6.10 Å². The Morgan fingerprint density at radius 3 is 3.00 bits per heavy atom. The molecule has 0 aliphatic carbocycles. The smallest absolute Gasteiger partial charge is 0.245 e. The Morgan fingerprint density at radius 2 is 2.27 bits per heavy atom. The first-order valence-electron chi connectivity index (χ1n) is 5.40. The molecule has 15 heavy (non-hydrogen) atoms. The molecule has 84 valence electrons. The Labute approximate surface area is 94.0 Å². The summed E-state index contributed by atoms with van der Waals surface area (Å²) in [7, 11) is 0. The first-order valence-corrected chi connectivity index (χ1v) is 5.93. The molecule has 1 aliphatic heterocycles. The summed E-state index contributed by atoms with van der Waals surface area (Å²) in [5.74, 6) is 1.91. The van der Waals surface area contributed by atoms with Crippen molar-refractivity contribution >= 4 is 11.6 Å². The van der Waals surface area contributed by atoms with E-state index in [0.717, 1.165) is 32.3 Å². The van der Waals surface area contributed by atoms with Gasteiger partial charge in [0.05, 0.1) is 0 Å². The number of ether oxygens (including phenoxy) is 1. The van der Waals surface area contributed by atoms with Crippen LogP contribution in [0.4, 0.5) is 0 Å². The highest BCUT2D eigenvalue weighted by Crippen LogP contribution is 2.26. The molecular formula is C10H15ClN2O2. The maximum atomic E-state index is 5.59. The Kier molecular flexibility index (Phi) is 3.97. The summed E-state index contributed by atoms with van der Waals surface area (Å²) in [4.78, 5) is 0. The van der Waals surface area contributed by atoms with Crippen molar-refractivity contribution in [3.63, 3.8) is 0 Å². The van der Waals surface area contributed by atoms with Gasteiger partial charge in [-0.25, -0.2) is 0 Å². The van der Waals surface area contributed by atoms with Gasteiger partial charge in [-0.2, -0.15) is 0 Å². The highest BCUT2D eigenvalue weighted by molar-refractivity contribution is 6.17. The van der Waals surface area contributed by atoms with Crippen molar-refractivity contribution in [2.24, 2.45) is 0 Å². The van der Waals surface area contributed by atoms with Gasteiger partial charge >= 0.3 is 0 Å². The number of alkyl halides is 1. The lowest BCUT2D eigenvalue weighted by Gasteiger charge is -2.18. The second kappa shape index (κ2) is 5.47. The number of halogens is 1. The fourth-order valence-corrected chi connectivity index (χ4v) is 1.78. The Bertz CT molecular complexity index is 297. The van der Waals surface area contributed by atoms with Crippen molar-refractivity contribution in [3.8, 4) is 0 Å². The lowest BCUT2D eigenvalue weighted by Crippen LogP contribution is -2.11. The van der Waals surface area contributed by atoms with Crippen molar-refractivity contribution < 1.29 is 9.15 Å². The minimum absolute atomic E-state index is 0.0102. The zero-order valence-electron chi connectivity index (χ0n) is 8.62. The molecule has 0 amide bonds. The Balaban J connectivity index is 1.93. The van der Waals surface area contributed by atoms with E-state index in [4.69, 9.17) is 20.8 Å². The SMILES string of the molecule is ClCCCc1nnc(C2CCCCO2)o1. The van der Waals surface area contributed by atoms with Crippen molar-refractivity contribution in [1.82, 2.24) is 10.2 Å². The summed E-state index contributed by atoms with van der Waals surface area (Å²) >= 11 is 5.59. The van der Waals surface area contributed by atoms with E-state index >= 15 is 0 Å². The van der Waals surface area contributed by atoms with E-state index in [1.165, 1.54) is 6.42 Å². The molecule has 0 saturated carbocycles. The zero-order valence-corrected chi connectivity index (χ0v) is 9.37. The maximum Gasteiger partial charge on any atom is 0.245 e. The molecule has 5 heteroatoms. The molecule has 1 saturated heterocycles. The van der Waals surface area contributed by atoms with Crippen LogP contribution in [0.15, 0.2) is 4.42 Å². The van der Waals surface area contributed by atoms with Gasteiger partial charge in [-0.1, -0.05) is 0 Å². The maximum absolute atomic E-state index is 5.59. The van der Waals surface area contributed by atoms with Crippen LogP contribution in [0.3, 0.4) is 0 Å². The van der Waals surface area contributed by atoms with Crippen LogP contribution in [0, 0.1) is 0 Å². The fourth-order valence-electron chi connectivity index (χ4n) is 1.65. The van der Waals surface area contributed by atoms with Gasteiger partial charge in [-0.15, -0.1) is 21.8 Å². The molecule has 1 aliphatic rings. The van der Waals surface area contributed by atoms with Crippen molar-refractivity contribution in [2.45, 2.75) is 38.2 Å². The minimum Gasteiger partial charge on any atom is -0.422 e. The molecule has 2 rings (SSSR count). The molecule has 1 atom stereocenters. The number of aryl methyl sites for hydroxylation is 1. The molecule has 2 heterocycles. The third-order valence-corrected chi connectivity index (χ3v) is 2.73. The quantitative estimate of drug-likeness (QED) is 0.746. The van der Waals surface area contributed by atoms with Gasteiger partial charge in [0.15, 0.2) is 0 Å². The molecule has 0 bridgehead atoms. The van der Waals surface area contributed by atoms with Gasteiger partial charge in [0.25, 0.3) is 0 Å². The average Bonchev–Trinajstić information content (AvgIpc) is 2.76. The van der Waals surface area contributed by atoms with Gasteiger partial charge < -0.3 is 9.15 Å². The lowest BCUT2D eigenvalue weighted by molar-refractivity contribution is -0.00210. The monoisotopic (exact) mass is 230 g/mol. The summed E-state index contributed by atoms with van der Waals surface area (Å²) in [5, 5.41) is 7.98. The van der Waals surface area contributed by atoms with Crippen LogP contribution in [0.5, 0.6) is 0 Å². The molecule has 0 aromatic carbocycles. The second-order valence-corrected chi connectivity index (χ2v) is 4.06. The summed E-state index contributed by atoms with van der Waals surface area (Å²) in [6.45, 7) is 0.796. The Morgan fingerprint density at radius 1 is 1.33 bits per heavy atom. The van der Waals surface area contributed by atoms with Gasteiger partial charge in [-0.3, -0.25) is 0 Å². The molecular weight excluding hydrogens is 216 g/mol. The molecule has 1 unspecified atom stereocenters. The van der Waals surface area contributed by atoms with E-state index in [-0.39, 0.29) is 6.10 Å². The van der Waals surface area contributed by atoms with Crippen molar-refractivity contribution in [1.29, 1.82) is 0 Å². The zero-order chi connectivity index (χ0) is 10.5. The van der Waals surface area contributed by atoms with E-state index in [1.54, 1.807) is 0 Å². The first kappa shape index (κ1) is 10.9. The molecule has 4 nitrogen and oxygen atoms in total. The number of rotatable bonds is 4. The van der Waals surface area contributed by atoms with Crippen LogP contribution in [0.1, 0.15) is 43.6 Å². The standard InChI is InChI=1S/C10H15ClN2O2/c11-6-3-5-9-12-13-10(15-9)8-4-1-2-7-14-8/h8H,1-7H2. The molecule has 0 N–H and O–H groups in total. The summed E-state index contributed by atoms with van der Waals surface area (Å²) in [6.07, 6.45) is 4.92. The van der Waals surface area contributed by atoms with E-state index in [2.05, 4.69) is 10.2 Å². The van der Waals surface area contributed by atoms with Crippen molar-refractivity contribution in [3.05, 3.63) is 11.8 Å². The molecule has 0 radical (unpaired) electrons. The third kappa shape index (κ3) is 2.92. The largest absolute Gasteiger partial charge is 0.422 e. The third-order valence-electron chi connectivity index (χ3n) is 2.46. The van der Waals surface area contributed by atoms with Gasteiger partial charge in [0.2, 0.25) is 11.8 Å². The number of aromatic nitrogens is 2. The molecule has 1 aromatic heterocycles. The topological polar surface area (TPSA) is 48.2 Å². The van der Waals surface area contributed by atoms with Crippen LogP contribution < -0.4 is 0 Å². The predicted molar refractivity (Wildman–Crippen MR) is 55.9 cm³/mol. The average molecular weight is 231 g/mol. The number of hydrogen-bond acceptors (Lipinski definition) is 4. The number of nitrogens with zero attached hydrogens (tertiary/aromatic N) is 2. The van der Waals surface area contributed by atoms with Gasteiger partial charge in [0, 0.05) is 18.9 Å². The van der Waals surface area contributed by atoms with Crippen LogP contribution in [-0.2, 0) is 11.2 Å². The van der Waals surface area contributed by atoms with Crippen molar-refractivity contribution in [2.75, 3.05) is 12.5 Å². The Hall–Kier alpha value is -0.610. The normalized spacial score (nSPS) is 21.8. The predicted octanol–water partition coefficient (Wildman–Crippen LogP) is 2.48. The van der Waals surface area contributed by atoms with Gasteiger partial charge in [-0.05, 0) is 25.7 Å². The molecule has 1 aromatic rings. The summed E-state index contributed by atoms with van der Waals surface area (Å²) in [5.41, 5.74) is 0. The minimum atomic E-state index is 0.0102. The lowest BCUT2D eigenvalue weighted by atomic mass is 10.1. The fraction of sp³-hybridized carbons (Fsp3) is 0.800. The van der Waals surface area contributed by atoms with Crippen LogP contribution in [-0.4, -0.2) is 22.7 Å². The van der Waals surface area contributed by atoms with Crippen LogP contribution >= 0.6 is 11.6 Å². The van der Waals surface area contributed by atoms with E-state index in [0.29, 0.717) is 17.7 Å². The summed E-state index contributed by atoms with van der Waals surface area (Å²) < 4.78 is 11.1. The van der Waals surface area contributed by atoms with E-state index in [1.807, 2.05) is 0 Å². The van der Waals surface area contributed by atoms with E-state index < -0.39 is 0 Å².